The molecule has 16 aromatic carbocycles. The Hall–Kier alpha value is -12.4. The average Bonchev–Trinajstić information content (AvgIpc) is 0.789. The second-order valence-corrected chi connectivity index (χ2v) is 47.0. The first-order chi connectivity index (χ1) is 58.6. The van der Waals surface area contributed by atoms with Gasteiger partial charge in [-0.3, -0.25) is 0 Å². The summed E-state index contributed by atoms with van der Waals surface area (Å²) in [6, 6.07) is 139. The van der Waals surface area contributed by atoms with Gasteiger partial charge in [-0.15, -0.1) is 0 Å². The summed E-state index contributed by atoms with van der Waals surface area (Å²) in [4.78, 5) is 0. The van der Waals surface area contributed by atoms with Crippen LogP contribution in [0.4, 0.5) is 0 Å². The van der Waals surface area contributed by atoms with Gasteiger partial charge in [0.15, 0.2) is 0 Å². The van der Waals surface area contributed by atoms with Gasteiger partial charge in [0.1, 0.15) is 42.9 Å². The molecule has 16 aromatic rings. The molecule has 0 radical (unpaired) electrons. The molecule has 0 unspecified atom stereocenters. The number of rotatable bonds is 24. The molecule has 0 aromatic heterocycles. The van der Waals surface area contributed by atoms with E-state index in [9.17, 15) is 0 Å². The molecule has 6 nitrogen and oxygen atoms in total. The summed E-state index contributed by atoms with van der Waals surface area (Å²) >= 11 is 0. The highest BCUT2D eigenvalue weighted by Gasteiger charge is 2.35. The van der Waals surface area contributed by atoms with Gasteiger partial charge in [0.25, 0.3) is 0 Å². The van der Waals surface area contributed by atoms with Crippen molar-refractivity contribution >= 4 is 107 Å². The molecule has 0 aliphatic heterocycles. The van der Waals surface area contributed by atoms with Crippen LogP contribution in [-0.4, -0.2) is 0 Å². The predicted molar refractivity (Wildman–Crippen MR) is 504 cm³/mol. The highest BCUT2D eigenvalue weighted by atomic mass is 31.2. The van der Waals surface area contributed by atoms with Gasteiger partial charge in [-0.25, -0.2) is 0 Å². The minimum Gasteiger partial charge on any atom is -0.313 e. The lowest BCUT2D eigenvalue weighted by atomic mass is 10.0. The van der Waals surface area contributed by atoms with Gasteiger partial charge in [-0.2, -0.15) is 0 Å². The molecule has 0 amide bonds. The highest BCUT2D eigenvalue weighted by Crippen LogP contribution is 2.54. The number of benzene rings is 16. The Kier molecular flexibility index (Phi) is 25.0. The van der Waals surface area contributed by atoms with E-state index < -0.39 is 42.9 Å². The van der Waals surface area contributed by atoms with Crippen LogP contribution in [0.3, 0.4) is 0 Å². The predicted octanol–water partition coefficient (Wildman–Crippen LogP) is 21.0. The average molecular weight is 1660 g/mol. The Morgan fingerprint density at radius 2 is 0.233 bits per heavy atom. The summed E-state index contributed by atoms with van der Waals surface area (Å²) in [5.74, 6) is 21.4. The van der Waals surface area contributed by atoms with Crippen molar-refractivity contribution in [1.82, 2.24) is 0 Å². The zero-order valence-corrected chi connectivity index (χ0v) is 71.3. The van der Waals surface area contributed by atoms with Crippen molar-refractivity contribution in [2.75, 3.05) is 0 Å². The standard InChI is InChI=1S/C108H84O6P6/c109-115(97-37-13-1-14-38-97,98-39-15-2-16-40-98)79-91-70-88(71-92(76-91)80-116(110,99-41-17-3-18-42-99)100-43-19-4-20-44-100)64-61-85-67-86(62-65-89-72-93(81-117(111,101-45-21-5-22-46-101)102-47-23-6-24-48-102)77-94(73-89)82-118(112,103-49-25-7-26-50-103)104-51-27-8-28-52-104)69-87(68-85)63-66-90-74-95(83-119(113,105-53-29-9-30-54-105)106-55-31-10-32-56-106)78-96(75-90)84-120(114,107-57-33-11-34-58-107)108-59-35-12-36-60-108/h1-60,67-78H,79-84H2. The SMILES string of the molecule is O=P(Cc1cc(C#Cc2cc(C#Cc3cc(CP(=O)(c4ccccc4)c4ccccc4)cc(CP(=O)(c4ccccc4)c4ccccc4)c3)cc(C#Cc3cc(CP(=O)(c4ccccc4)c4ccccc4)cc(CP(=O)(c4ccccc4)c4ccccc4)c3)c2)cc(CP(=O)(c2ccccc2)c2ccccc2)c1)(c1ccccc1)c1ccccc1. The van der Waals surface area contributed by atoms with Crippen LogP contribution in [0.15, 0.2) is 437 Å². The summed E-state index contributed by atoms with van der Waals surface area (Å²) in [6.07, 6.45) is 0.913. The van der Waals surface area contributed by atoms with Crippen molar-refractivity contribution < 1.29 is 27.4 Å². The molecule has 12 heteroatoms. The number of hydrogen-bond acceptors (Lipinski definition) is 6. The summed E-state index contributed by atoms with van der Waals surface area (Å²) in [5, 5.41) is 8.54. The van der Waals surface area contributed by atoms with E-state index in [1.54, 1.807) is 0 Å². The topological polar surface area (TPSA) is 102 Å². The van der Waals surface area contributed by atoms with Gasteiger partial charge in [0.05, 0.1) is 0 Å². The zero-order valence-electron chi connectivity index (χ0n) is 65.9. The van der Waals surface area contributed by atoms with Crippen LogP contribution < -0.4 is 63.7 Å². The maximum absolute atomic E-state index is 16.1. The van der Waals surface area contributed by atoms with Crippen molar-refractivity contribution in [3.05, 3.63) is 504 Å². The largest absolute Gasteiger partial charge is 0.313 e. The van der Waals surface area contributed by atoms with E-state index in [1.807, 2.05) is 437 Å². The monoisotopic (exact) mass is 1660 g/mol. The molecule has 0 atom stereocenters. The first-order valence-electron chi connectivity index (χ1n) is 39.9. The molecule has 0 N–H and O–H groups in total. The smallest absolute Gasteiger partial charge is 0.147 e. The first-order valence-corrected chi connectivity index (χ1v) is 51.3. The summed E-state index contributed by atoms with van der Waals surface area (Å²) in [5.41, 5.74) is 8.09. The van der Waals surface area contributed by atoms with Crippen molar-refractivity contribution in [3.63, 3.8) is 0 Å². The van der Waals surface area contributed by atoms with Crippen LogP contribution in [0.5, 0.6) is 0 Å². The lowest BCUT2D eigenvalue weighted by Gasteiger charge is -2.22. The molecule has 0 saturated heterocycles. The van der Waals surface area contributed by atoms with Crippen molar-refractivity contribution in [2.24, 2.45) is 0 Å². The van der Waals surface area contributed by atoms with Crippen LogP contribution >= 0.6 is 42.9 Å². The van der Waals surface area contributed by atoms with E-state index in [1.165, 1.54) is 0 Å². The maximum atomic E-state index is 16.1. The van der Waals surface area contributed by atoms with E-state index in [0.29, 0.717) is 97.0 Å². The lowest BCUT2D eigenvalue weighted by molar-refractivity contribution is 0.585. The lowest BCUT2D eigenvalue weighted by Crippen LogP contribution is -2.18. The fourth-order valence-corrected chi connectivity index (χ4v) is 31.9. The minimum atomic E-state index is -3.38. The van der Waals surface area contributed by atoms with Gasteiger partial charge in [-0.1, -0.05) is 418 Å². The normalized spacial score (nSPS) is 11.7. The van der Waals surface area contributed by atoms with Gasteiger partial charge in [0.2, 0.25) is 0 Å². The van der Waals surface area contributed by atoms with Gasteiger partial charge in [-0.05, 0) is 88.0 Å². The second kappa shape index (κ2) is 36.8. The van der Waals surface area contributed by atoms with Gasteiger partial charge in [0, 0.05) is 134 Å². The summed E-state index contributed by atoms with van der Waals surface area (Å²) in [6.45, 7) is 0. The molecule has 16 rings (SSSR count). The Balaban J connectivity index is 0.882. The van der Waals surface area contributed by atoms with Crippen LogP contribution in [-0.2, 0) is 64.4 Å². The summed E-state index contributed by atoms with van der Waals surface area (Å²) in [7, 11) is -20.3. The molecule has 120 heavy (non-hydrogen) atoms. The number of hydrogen-bond donors (Lipinski definition) is 0. The first kappa shape index (κ1) is 81.3. The molecule has 0 bridgehead atoms. The Bertz CT molecular complexity index is 5550. The van der Waals surface area contributed by atoms with Crippen LogP contribution in [0.25, 0.3) is 0 Å². The van der Waals surface area contributed by atoms with Crippen LogP contribution in [0.2, 0.25) is 0 Å². The Morgan fingerprint density at radius 3 is 0.342 bits per heavy atom. The van der Waals surface area contributed by atoms with E-state index in [0.717, 1.165) is 33.4 Å². The van der Waals surface area contributed by atoms with Gasteiger partial charge >= 0.3 is 0 Å². The van der Waals surface area contributed by atoms with E-state index in [2.05, 4.69) is 35.5 Å². The van der Waals surface area contributed by atoms with E-state index >= 15 is 27.4 Å². The third kappa shape index (κ3) is 18.7. The molecule has 582 valence electrons. The van der Waals surface area contributed by atoms with E-state index in [-0.39, 0.29) is 37.0 Å². The Morgan fingerprint density at radius 1 is 0.133 bits per heavy atom. The van der Waals surface area contributed by atoms with Crippen molar-refractivity contribution in [3.8, 4) is 35.5 Å². The molecule has 0 saturated carbocycles. The highest BCUT2D eigenvalue weighted by molar-refractivity contribution is 7.80. The second-order valence-electron chi connectivity index (χ2n) is 30.1. The summed E-state index contributed by atoms with van der Waals surface area (Å²) < 4.78 is 96.9. The quantitative estimate of drug-likeness (QED) is 0.0441. The molecular formula is C108H84O6P6. The fraction of sp³-hybridized carbons (Fsp3) is 0.0556. The molecule has 0 aliphatic carbocycles. The van der Waals surface area contributed by atoms with Gasteiger partial charge < -0.3 is 27.4 Å². The van der Waals surface area contributed by atoms with Crippen LogP contribution in [0.1, 0.15) is 66.8 Å². The minimum absolute atomic E-state index is 0.152. The molecule has 0 spiro atoms. The molecule has 0 aliphatic rings. The van der Waals surface area contributed by atoms with Crippen LogP contribution in [0, 0.1) is 35.5 Å². The van der Waals surface area contributed by atoms with E-state index in [4.69, 9.17) is 0 Å². The van der Waals surface area contributed by atoms with Crippen molar-refractivity contribution in [1.29, 1.82) is 0 Å². The Labute approximate surface area is 704 Å². The third-order valence-corrected chi connectivity index (χ3v) is 40.1. The van der Waals surface area contributed by atoms with Crippen molar-refractivity contribution in [2.45, 2.75) is 37.0 Å². The molecule has 0 fully saturated rings. The zero-order chi connectivity index (χ0) is 82.3. The third-order valence-electron chi connectivity index (χ3n) is 21.7. The fourth-order valence-electron chi connectivity index (χ4n) is 15.9. The molecule has 0 heterocycles. The maximum Gasteiger partial charge on any atom is 0.147 e. The molecular weight excluding hydrogens is 1580 g/mol.